The van der Waals surface area contributed by atoms with Crippen molar-refractivity contribution in [3.8, 4) is 17.2 Å². The number of methoxy groups -OCH3 is 1. The van der Waals surface area contributed by atoms with Crippen LogP contribution in [0.5, 0.6) is 17.2 Å². The second-order valence-electron chi connectivity index (χ2n) is 3.68. The first-order valence-electron chi connectivity index (χ1n) is 5.83. The lowest BCUT2D eigenvalue weighted by Crippen LogP contribution is -2.01. The zero-order valence-corrected chi connectivity index (χ0v) is 10.4. The summed E-state index contributed by atoms with van der Waals surface area (Å²) in [7, 11) is 1.65. The van der Waals surface area contributed by atoms with E-state index in [2.05, 4.69) is 0 Å². The minimum atomic E-state index is -0.0969. The molecular formula is C13H19O4. The number of rotatable bonds is 8. The van der Waals surface area contributed by atoms with Crippen LogP contribution in [0, 0.1) is 0 Å². The second kappa shape index (κ2) is 7.79. The standard InChI is InChI=1S/C13H19O4/c1-3-5-16-12-8-11(14)9-13(10-12)17-7-4-6-15-2/h8-10H,3-7H2,1-2H3. The van der Waals surface area contributed by atoms with E-state index in [0.717, 1.165) is 12.8 Å². The Labute approximate surface area is 102 Å². The summed E-state index contributed by atoms with van der Waals surface area (Å²) in [6.45, 7) is 3.80. The SMILES string of the molecule is CCCOc1cc([O])cc(OCCCOC)c1. The van der Waals surface area contributed by atoms with Gasteiger partial charge in [-0.05, 0) is 6.42 Å². The van der Waals surface area contributed by atoms with Crippen LogP contribution in [-0.2, 0) is 9.84 Å². The lowest BCUT2D eigenvalue weighted by molar-refractivity contribution is 0.171. The number of hydrogen-bond donors (Lipinski definition) is 0. The number of benzene rings is 1. The molecule has 0 aromatic heterocycles. The Bertz CT molecular complexity index is 325. The average Bonchev–Trinajstić information content (AvgIpc) is 2.31. The molecule has 1 rings (SSSR count). The lowest BCUT2D eigenvalue weighted by atomic mass is 10.3. The third-order valence-corrected chi connectivity index (χ3v) is 2.09. The lowest BCUT2D eigenvalue weighted by Gasteiger charge is -2.09. The van der Waals surface area contributed by atoms with Crippen molar-refractivity contribution in [1.29, 1.82) is 0 Å². The molecule has 95 valence electrons. The van der Waals surface area contributed by atoms with E-state index in [1.807, 2.05) is 6.92 Å². The highest BCUT2D eigenvalue weighted by atomic mass is 16.5. The van der Waals surface area contributed by atoms with Crippen LogP contribution >= 0.6 is 0 Å². The van der Waals surface area contributed by atoms with Crippen molar-refractivity contribution in [2.45, 2.75) is 19.8 Å². The van der Waals surface area contributed by atoms with Gasteiger partial charge in [0.15, 0.2) is 5.75 Å². The Morgan fingerprint density at radius 3 is 2.24 bits per heavy atom. The maximum Gasteiger partial charge on any atom is 0.186 e. The maximum atomic E-state index is 11.4. The average molecular weight is 239 g/mol. The normalized spacial score (nSPS) is 10.2. The fourth-order valence-corrected chi connectivity index (χ4v) is 1.33. The molecule has 1 aromatic rings. The highest BCUT2D eigenvalue weighted by Gasteiger charge is 2.03. The van der Waals surface area contributed by atoms with Crippen LogP contribution in [0.1, 0.15) is 19.8 Å². The Hall–Kier alpha value is -1.42. The molecule has 0 bridgehead atoms. The van der Waals surface area contributed by atoms with Crippen LogP contribution in [0.2, 0.25) is 0 Å². The molecule has 0 amide bonds. The van der Waals surface area contributed by atoms with Gasteiger partial charge in [0.1, 0.15) is 11.5 Å². The Balaban J connectivity index is 2.50. The molecule has 1 radical (unpaired) electrons. The molecule has 0 spiro atoms. The summed E-state index contributed by atoms with van der Waals surface area (Å²) >= 11 is 0. The molecule has 0 N–H and O–H groups in total. The van der Waals surface area contributed by atoms with E-state index in [1.54, 1.807) is 13.2 Å². The molecule has 17 heavy (non-hydrogen) atoms. The maximum absolute atomic E-state index is 11.4. The van der Waals surface area contributed by atoms with Gasteiger partial charge in [0.25, 0.3) is 0 Å². The van der Waals surface area contributed by atoms with Crippen molar-refractivity contribution >= 4 is 0 Å². The van der Waals surface area contributed by atoms with Crippen molar-refractivity contribution in [3.63, 3.8) is 0 Å². The van der Waals surface area contributed by atoms with Gasteiger partial charge < -0.3 is 14.2 Å². The van der Waals surface area contributed by atoms with E-state index in [0.29, 0.717) is 31.3 Å². The number of ether oxygens (including phenoxy) is 3. The smallest absolute Gasteiger partial charge is 0.186 e. The van der Waals surface area contributed by atoms with Gasteiger partial charge >= 0.3 is 0 Å². The van der Waals surface area contributed by atoms with Gasteiger partial charge in [-0.1, -0.05) is 6.92 Å². The highest BCUT2D eigenvalue weighted by Crippen LogP contribution is 2.27. The number of hydrogen-bond acceptors (Lipinski definition) is 3. The summed E-state index contributed by atoms with van der Waals surface area (Å²) < 4.78 is 15.8. The third kappa shape index (κ3) is 5.45. The molecule has 1 aromatic carbocycles. The van der Waals surface area contributed by atoms with Crippen LogP contribution in [0.4, 0.5) is 0 Å². The topological polar surface area (TPSA) is 47.6 Å². The van der Waals surface area contributed by atoms with Gasteiger partial charge in [-0.3, -0.25) is 5.11 Å². The molecule has 0 atom stereocenters. The van der Waals surface area contributed by atoms with Crippen molar-refractivity contribution in [1.82, 2.24) is 0 Å². The van der Waals surface area contributed by atoms with E-state index in [-0.39, 0.29) is 5.75 Å². The summed E-state index contributed by atoms with van der Waals surface area (Å²) in [5.41, 5.74) is 0. The zero-order chi connectivity index (χ0) is 12.5. The van der Waals surface area contributed by atoms with Crippen molar-refractivity contribution < 1.29 is 19.3 Å². The minimum Gasteiger partial charge on any atom is -0.493 e. The molecule has 0 aliphatic heterocycles. The van der Waals surface area contributed by atoms with Gasteiger partial charge in [-0.25, -0.2) is 0 Å². The van der Waals surface area contributed by atoms with Crippen molar-refractivity contribution in [3.05, 3.63) is 18.2 Å². The highest BCUT2D eigenvalue weighted by molar-refractivity contribution is 5.41. The first-order chi connectivity index (χ1) is 8.26. The molecule has 0 saturated carbocycles. The Morgan fingerprint density at radius 2 is 1.65 bits per heavy atom. The fraction of sp³-hybridized carbons (Fsp3) is 0.538. The van der Waals surface area contributed by atoms with E-state index in [1.165, 1.54) is 12.1 Å². The molecule has 0 fully saturated rings. The van der Waals surface area contributed by atoms with Crippen LogP contribution in [-0.4, -0.2) is 26.9 Å². The quantitative estimate of drug-likeness (QED) is 0.655. The molecule has 0 saturated heterocycles. The molecule has 0 aliphatic rings. The first-order valence-corrected chi connectivity index (χ1v) is 5.83. The third-order valence-electron chi connectivity index (χ3n) is 2.09. The summed E-state index contributed by atoms with van der Waals surface area (Å²) in [5, 5.41) is 11.4. The van der Waals surface area contributed by atoms with Crippen molar-refractivity contribution in [2.24, 2.45) is 0 Å². The largest absolute Gasteiger partial charge is 0.493 e. The van der Waals surface area contributed by atoms with Crippen LogP contribution in [0.15, 0.2) is 18.2 Å². The summed E-state index contributed by atoms with van der Waals surface area (Å²) in [5.74, 6) is 1.03. The van der Waals surface area contributed by atoms with Gasteiger partial charge in [0.2, 0.25) is 0 Å². The van der Waals surface area contributed by atoms with E-state index in [4.69, 9.17) is 14.2 Å². The molecular weight excluding hydrogens is 220 g/mol. The summed E-state index contributed by atoms with van der Waals surface area (Å²) in [6, 6.07) is 4.67. The van der Waals surface area contributed by atoms with Crippen molar-refractivity contribution in [2.75, 3.05) is 26.9 Å². The molecule has 4 nitrogen and oxygen atoms in total. The molecule has 0 unspecified atom stereocenters. The predicted octanol–water partition coefficient (Wildman–Crippen LogP) is 3.03. The summed E-state index contributed by atoms with van der Waals surface area (Å²) in [6.07, 6.45) is 1.71. The fourth-order valence-electron chi connectivity index (χ4n) is 1.33. The molecule has 0 heterocycles. The summed E-state index contributed by atoms with van der Waals surface area (Å²) in [4.78, 5) is 0. The van der Waals surface area contributed by atoms with Crippen LogP contribution in [0.3, 0.4) is 0 Å². The predicted molar refractivity (Wildman–Crippen MR) is 64.3 cm³/mol. The Morgan fingerprint density at radius 1 is 1.00 bits per heavy atom. The van der Waals surface area contributed by atoms with Gasteiger partial charge in [0.05, 0.1) is 13.2 Å². The van der Waals surface area contributed by atoms with E-state index < -0.39 is 0 Å². The molecule has 0 aliphatic carbocycles. The molecule has 4 heteroatoms. The monoisotopic (exact) mass is 239 g/mol. The van der Waals surface area contributed by atoms with Crippen LogP contribution < -0.4 is 9.47 Å². The second-order valence-corrected chi connectivity index (χ2v) is 3.68. The Kier molecular flexibility index (Phi) is 6.25. The zero-order valence-electron chi connectivity index (χ0n) is 10.4. The van der Waals surface area contributed by atoms with Gasteiger partial charge in [-0.15, -0.1) is 0 Å². The van der Waals surface area contributed by atoms with Gasteiger partial charge in [-0.2, -0.15) is 0 Å². The first kappa shape index (κ1) is 13.6. The van der Waals surface area contributed by atoms with Gasteiger partial charge in [0, 0.05) is 38.3 Å². The minimum absolute atomic E-state index is 0.0969. The van der Waals surface area contributed by atoms with E-state index >= 15 is 0 Å². The van der Waals surface area contributed by atoms with E-state index in [9.17, 15) is 5.11 Å². The van der Waals surface area contributed by atoms with Crippen LogP contribution in [0.25, 0.3) is 0 Å².